The van der Waals surface area contributed by atoms with Gasteiger partial charge in [-0.05, 0) is 69.7 Å². The van der Waals surface area contributed by atoms with Gasteiger partial charge in [-0.15, -0.1) is 0 Å². The van der Waals surface area contributed by atoms with Crippen LogP contribution in [0, 0.1) is 6.92 Å². The molecule has 2 atom stereocenters. The van der Waals surface area contributed by atoms with Crippen LogP contribution in [0.2, 0.25) is 0 Å². The van der Waals surface area contributed by atoms with Gasteiger partial charge in [0, 0.05) is 24.9 Å². The van der Waals surface area contributed by atoms with Crippen molar-refractivity contribution in [2.24, 2.45) is 0 Å². The Hall–Kier alpha value is -3.36. The lowest BCUT2D eigenvalue weighted by Crippen LogP contribution is -2.68. The number of benzene rings is 2. The van der Waals surface area contributed by atoms with Gasteiger partial charge in [0.1, 0.15) is 11.5 Å². The summed E-state index contributed by atoms with van der Waals surface area (Å²) in [7, 11) is 0. The summed E-state index contributed by atoms with van der Waals surface area (Å²) in [5.41, 5.74) is 0.770. The molecule has 2 N–H and O–H groups in total. The van der Waals surface area contributed by atoms with Crippen molar-refractivity contribution in [2.45, 2.75) is 83.7 Å². The van der Waals surface area contributed by atoms with E-state index in [0.29, 0.717) is 37.7 Å². The van der Waals surface area contributed by atoms with E-state index in [9.17, 15) is 23.5 Å². The SMILES string of the molecule is CCOc1cc(C(C)N(CCCC(C)c2ccccc2)C(=O)NC2(C(=O)O)CC(F)(F)C2)cc(OCC)c1C. The number of ether oxygens (including phenoxy) is 2. The monoisotopic (exact) mass is 546 g/mol. The van der Waals surface area contributed by atoms with Crippen molar-refractivity contribution in [1.29, 1.82) is 0 Å². The molecule has 7 nitrogen and oxygen atoms in total. The minimum absolute atomic E-state index is 0.246. The number of nitrogens with zero attached hydrogens (tertiary/aromatic N) is 1. The van der Waals surface area contributed by atoms with Crippen molar-refractivity contribution < 1.29 is 33.0 Å². The molecular formula is C30H40F2N2O5. The van der Waals surface area contributed by atoms with E-state index >= 15 is 0 Å². The molecule has 2 aromatic carbocycles. The summed E-state index contributed by atoms with van der Waals surface area (Å²) in [6.45, 7) is 10.8. The number of alkyl halides is 2. The van der Waals surface area contributed by atoms with Crippen LogP contribution >= 0.6 is 0 Å². The van der Waals surface area contributed by atoms with Gasteiger partial charge < -0.3 is 24.8 Å². The Kier molecular flexibility index (Phi) is 9.80. The zero-order valence-corrected chi connectivity index (χ0v) is 23.4. The van der Waals surface area contributed by atoms with Crippen LogP contribution in [0.15, 0.2) is 42.5 Å². The third-order valence-electron chi connectivity index (χ3n) is 7.43. The number of carboxylic acid groups (broad SMARTS) is 1. The van der Waals surface area contributed by atoms with E-state index in [1.165, 1.54) is 10.5 Å². The van der Waals surface area contributed by atoms with Crippen LogP contribution in [0.5, 0.6) is 11.5 Å². The molecule has 3 rings (SSSR count). The van der Waals surface area contributed by atoms with Crippen LogP contribution in [0.25, 0.3) is 0 Å². The van der Waals surface area contributed by atoms with Crippen LogP contribution < -0.4 is 14.8 Å². The molecular weight excluding hydrogens is 506 g/mol. The summed E-state index contributed by atoms with van der Waals surface area (Å²) in [6.07, 6.45) is -0.443. The maximum atomic E-state index is 13.7. The van der Waals surface area contributed by atoms with E-state index in [-0.39, 0.29) is 5.92 Å². The second kappa shape index (κ2) is 12.7. The van der Waals surface area contributed by atoms with Crippen molar-refractivity contribution in [3.8, 4) is 11.5 Å². The predicted molar refractivity (Wildman–Crippen MR) is 146 cm³/mol. The molecule has 0 radical (unpaired) electrons. The molecule has 39 heavy (non-hydrogen) atoms. The average Bonchev–Trinajstić information content (AvgIpc) is 2.87. The summed E-state index contributed by atoms with van der Waals surface area (Å²) < 4.78 is 39.1. The van der Waals surface area contributed by atoms with Crippen molar-refractivity contribution >= 4 is 12.0 Å². The molecule has 0 saturated heterocycles. The van der Waals surface area contributed by atoms with Crippen molar-refractivity contribution in [1.82, 2.24) is 10.2 Å². The number of urea groups is 1. The van der Waals surface area contributed by atoms with Gasteiger partial charge in [0.15, 0.2) is 5.54 Å². The van der Waals surface area contributed by atoms with Crippen molar-refractivity contribution in [3.63, 3.8) is 0 Å². The first kappa shape index (κ1) is 30.2. The molecule has 0 heterocycles. The number of carbonyl (C=O) groups is 2. The smallest absolute Gasteiger partial charge is 0.329 e. The Labute approximate surface area is 229 Å². The number of halogens is 2. The van der Waals surface area contributed by atoms with Crippen LogP contribution in [0.3, 0.4) is 0 Å². The number of hydrogen-bond donors (Lipinski definition) is 2. The topological polar surface area (TPSA) is 88.1 Å². The van der Waals surface area contributed by atoms with E-state index in [4.69, 9.17) is 9.47 Å². The lowest BCUT2D eigenvalue weighted by atomic mass is 9.73. The van der Waals surface area contributed by atoms with Crippen LogP contribution in [-0.4, -0.2) is 53.2 Å². The molecule has 214 valence electrons. The fourth-order valence-electron chi connectivity index (χ4n) is 5.10. The molecule has 2 aromatic rings. The van der Waals surface area contributed by atoms with Gasteiger partial charge in [-0.1, -0.05) is 37.3 Å². The Bertz CT molecular complexity index is 1110. The lowest BCUT2D eigenvalue weighted by Gasteiger charge is -2.45. The van der Waals surface area contributed by atoms with Gasteiger partial charge in [-0.3, -0.25) is 0 Å². The number of carbonyl (C=O) groups excluding carboxylic acids is 1. The van der Waals surface area contributed by atoms with Gasteiger partial charge in [-0.25, -0.2) is 18.4 Å². The van der Waals surface area contributed by atoms with Gasteiger partial charge >= 0.3 is 12.0 Å². The lowest BCUT2D eigenvalue weighted by molar-refractivity contribution is -0.175. The Morgan fingerprint density at radius 2 is 1.59 bits per heavy atom. The molecule has 0 spiro atoms. The quantitative estimate of drug-likeness (QED) is 0.292. The molecule has 1 saturated carbocycles. The highest BCUT2D eigenvalue weighted by Gasteiger charge is 2.62. The minimum Gasteiger partial charge on any atom is -0.493 e. The first-order chi connectivity index (χ1) is 18.4. The minimum atomic E-state index is -3.12. The first-order valence-corrected chi connectivity index (χ1v) is 13.6. The van der Waals surface area contributed by atoms with E-state index in [1.54, 1.807) is 0 Å². The highest BCUT2D eigenvalue weighted by Crippen LogP contribution is 2.46. The molecule has 0 aliphatic heterocycles. The molecule has 1 fully saturated rings. The highest BCUT2D eigenvalue weighted by atomic mass is 19.3. The summed E-state index contributed by atoms with van der Waals surface area (Å²) in [6, 6.07) is 12.5. The van der Waals surface area contributed by atoms with Crippen molar-refractivity contribution in [2.75, 3.05) is 19.8 Å². The van der Waals surface area contributed by atoms with Crippen LogP contribution in [0.1, 0.15) is 82.0 Å². The largest absolute Gasteiger partial charge is 0.493 e. The van der Waals surface area contributed by atoms with Gasteiger partial charge in [-0.2, -0.15) is 0 Å². The van der Waals surface area contributed by atoms with E-state index < -0.39 is 42.3 Å². The number of nitrogens with one attached hydrogen (secondary N) is 1. The average molecular weight is 547 g/mol. The molecule has 2 unspecified atom stereocenters. The highest BCUT2D eigenvalue weighted by molar-refractivity contribution is 5.88. The van der Waals surface area contributed by atoms with Gasteiger partial charge in [0.05, 0.1) is 19.3 Å². The molecule has 1 aliphatic carbocycles. The number of amides is 2. The number of hydrogen-bond acceptors (Lipinski definition) is 4. The summed E-state index contributed by atoms with van der Waals surface area (Å²) in [5, 5.41) is 12.1. The summed E-state index contributed by atoms with van der Waals surface area (Å²) in [5.74, 6) is -3.08. The Morgan fingerprint density at radius 3 is 2.08 bits per heavy atom. The summed E-state index contributed by atoms with van der Waals surface area (Å²) >= 11 is 0. The third-order valence-corrected chi connectivity index (χ3v) is 7.43. The maximum Gasteiger partial charge on any atom is 0.329 e. The standard InChI is InChI=1S/C30H40F2N2O5/c1-6-38-25-16-24(17-26(21(25)4)39-7-2)22(5)34(15-11-12-20(3)23-13-9-8-10-14-23)28(37)33-29(27(35)36)18-30(31,32)19-29/h8-10,13-14,16-17,20,22H,6-7,11-12,15,18-19H2,1-5H3,(H,33,37)(H,35,36). The molecule has 0 aromatic heterocycles. The zero-order chi connectivity index (χ0) is 28.8. The van der Waals surface area contributed by atoms with Crippen LogP contribution in [0.4, 0.5) is 13.6 Å². The number of rotatable bonds is 13. The first-order valence-electron chi connectivity index (χ1n) is 13.6. The van der Waals surface area contributed by atoms with E-state index in [1.807, 2.05) is 58.0 Å². The molecule has 9 heteroatoms. The van der Waals surface area contributed by atoms with Crippen LogP contribution in [-0.2, 0) is 4.79 Å². The number of aliphatic carboxylic acids is 1. The maximum absolute atomic E-state index is 13.7. The Balaban J connectivity index is 1.88. The normalized spacial score (nSPS) is 16.9. The second-order valence-electron chi connectivity index (χ2n) is 10.4. The predicted octanol–water partition coefficient (Wildman–Crippen LogP) is 6.70. The third kappa shape index (κ3) is 7.19. The molecule has 1 aliphatic rings. The van der Waals surface area contributed by atoms with Gasteiger partial charge in [0.2, 0.25) is 0 Å². The molecule has 0 bridgehead atoms. The fourth-order valence-corrected chi connectivity index (χ4v) is 5.10. The summed E-state index contributed by atoms with van der Waals surface area (Å²) in [4.78, 5) is 27.0. The number of carboxylic acids is 1. The van der Waals surface area contributed by atoms with Gasteiger partial charge in [0.25, 0.3) is 5.92 Å². The zero-order valence-electron chi connectivity index (χ0n) is 23.4. The fraction of sp³-hybridized carbons (Fsp3) is 0.533. The second-order valence-corrected chi connectivity index (χ2v) is 10.4. The molecule has 2 amide bonds. The van der Waals surface area contributed by atoms with E-state index in [0.717, 1.165) is 17.5 Å². The Morgan fingerprint density at radius 1 is 1.03 bits per heavy atom. The van der Waals surface area contributed by atoms with Crippen molar-refractivity contribution in [3.05, 3.63) is 59.2 Å². The van der Waals surface area contributed by atoms with E-state index in [2.05, 4.69) is 24.4 Å².